The lowest BCUT2D eigenvalue weighted by Crippen LogP contribution is -2.51. The first-order chi connectivity index (χ1) is 9.04. The highest BCUT2D eigenvalue weighted by Gasteiger charge is 2.50. The molecule has 4 fully saturated rings. The third-order valence-electron chi connectivity index (χ3n) is 5.61. The number of nitrogens with one attached hydrogen (secondary N) is 1. The molecule has 4 aliphatic carbocycles. The molecule has 4 rings (SSSR count). The summed E-state index contributed by atoms with van der Waals surface area (Å²) in [4.78, 5) is 24.0. The monoisotopic (exact) mass is 263 g/mol. The van der Waals surface area contributed by atoms with Crippen molar-refractivity contribution in [2.24, 2.45) is 35.5 Å². The molecule has 1 amide bonds. The van der Waals surface area contributed by atoms with Crippen molar-refractivity contribution >= 4 is 11.7 Å². The van der Waals surface area contributed by atoms with E-state index in [4.69, 9.17) is 0 Å². The molecule has 4 aliphatic rings. The zero-order valence-corrected chi connectivity index (χ0v) is 12.0. The van der Waals surface area contributed by atoms with Crippen LogP contribution in [-0.2, 0) is 9.59 Å². The van der Waals surface area contributed by atoms with E-state index < -0.39 is 0 Å². The zero-order valence-electron chi connectivity index (χ0n) is 12.0. The van der Waals surface area contributed by atoms with E-state index in [1.807, 2.05) is 13.8 Å². The fourth-order valence-corrected chi connectivity index (χ4v) is 4.85. The molecule has 4 saturated carbocycles. The van der Waals surface area contributed by atoms with Gasteiger partial charge in [-0.3, -0.25) is 9.59 Å². The van der Waals surface area contributed by atoms with Crippen molar-refractivity contribution in [2.45, 2.75) is 46.0 Å². The van der Waals surface area contributed by atoms with Crippen LogP contribution in [0.4, 0.5) is 0 Å². The molecule has 0 unspecified atom stereocenters. The van der Waals surface area contributed by atoms with Crippen LogP contribution in [0.2, 0.25) is 0 Å². The lowest BCUT2D eigenvalue weighted by Gasteiger charge is -2.53. The number of hydrogen-bond donors (Lipinski definition) is 1. The largest absolute Gasteiger partial charge is 0.349 e. The van der Waals surface area contributed by atoms with E-state index in [9.17, 15) is 9.59 Å². The number of carbonyl (C=O) groups is 2. The Morgan fingerprint density at radius 1 is 1.00 bits per heavy atom. The maximum atomic E-state index is 12.4. The minimum atomic E-state index is 0.0128. The molecule has 0 heterocycles. The van der Waals surface area contributed by atoms with Gasteiger partial charge in [0.1, 0.15) is 0 Å². The Morgan fingerprint density at radius 3 is 2.00 bits per heavy atom. The van der Waals surface area contributed by atoms with Crippen molar-refractivity contribution in [3.05, 3.63) is 0 Å². The summed E-state index contributed by atoms with van der Waals surface area (Å²) in [6.45, 7) is 3.99. The van der Waals surface area contributed by atoms with Gasteiger partial charge in [-0.15, -0.1) is 0 Å². The van der Waals surface area contributed by atoms with Gasteiger partial charge in [-0.25, -0.2) is 0 Å². The fourth-order valence-electron chi connectivity index (χ4n) is 4.85. The van der Waals surface area contributed by atoms with Crippen LogP contribution in [0.5, 0.6) is 0 Å². The molecule has 0 saturated heterocycles. The van der Waals surface area contributed by atoms with Gasteiger partial charge < -0.3 is 5.32 Å². The molecule has 106 valence electrons. The zero-order chi connectivity index (χ0) is 13.6. The number of amides is 1. The summed E-state index contributed by atoms with van der Waals surface area (Å²) in [5, 5.41) is 2.90. The Balaban J connectivity index is 1.60. The second kappa shape index (κ2) is 4.92. The first-order valence-corrected chi connectivity index (χ1v) is 7.85. The lowest BCUT2D eigenvalue weighted by molar-refractivity contribution is -0.139. The van der Waals surface area contributed by atoms with E-state index in [-0.39, 0.29) is 30.1 Å². The topological polar surface area (TPSA) is 46.2 Å². The minimum absolute atomic E-state index is 0.0128. The quantitative estimate of drug-likeness (QED) is 0.846. The van der Waals surface area contributed by atoms with Crippen molar-refractivity contribution < 1.29 is 9.59 Å². The molecule has 1 N–H and O–H groups in total. The van der Waals surface area contributed by atoms with Crippen LogP contribution in [-0.4, -0.2) is 18.2 Å². The van der Waals surface area contributed by atoms with Crippen LogP contribution in [0.25, 0.3) is 0 Å². The Hall–Kier alpha value is -0.860. The number of ketones is 1. The van der Waals surface area contributed by atoms with Gasteiger partial charge in [-0.2, -0.15) is 0 Å². The molecule has 0 aromatic rings. The van der Waals surface area contributed by atoms with Crippen molar-refractivity contribution in [3.8, 4) is 0 Å². The van der Waals surface area contributed by atoms with Crippen LogP contribution >= 0.6 is 0 Å². The van der Waals surface area contributed by atoms with E-state index in [0.29, 0.717) is 11.8 Å². The average Bonchev–Trinajstić information content (AvgIpc) is 2.34. The molecule has 3 nitrogen and oxygen atoms in total. The summed E-state index contributed by atoms with van der Waals surface area (Å²) in [6, 6.07) is 0. The molecule has 0 spiro atoms. The van der Waals surface area contributed by atoms with Crippen LogP contribution in [0, 0.1) is 35.5 Å². The van der Waals surface area contributed by atoms with Crippen LogP contribution in [0.15, 0.2) is 0 Å². The molecule has 0 atom stereocenters. The Labute approximate surface area is 115 Å². The second-order valence-corrected chi connectivity index (χ2v) is 7.30. The van der Waals surface area contributed by atoms with Crippen molar-refractivity contribution in [2.75, 3.05) is 6.54 Å². The average molecular weight is 263 g/mol. The minimum Gasteiger partial charge on any atom is -0.349 e. The van der Waals surface area contributed by atoms with Crippen LogP contribution in [0.3, 0.4) is 0 Å². The smallest absolute Gasteiger partial charge is 0.224 e. The van der Waals surface area contributed by atoms with E-state index in [0.717, 1.165) is 11.8 Å². The van der Waals surface area contributed by atoms with Gasteiger partial charge in [0.15, 0.2) is 5.78 Å². The maximum Gasteiger partial charge on any atom is 0.224 e. The molecule has 0 aliphatic heterocycles. The highest BCUT2D eigenvalue weighted by molar-refractivity contribution is 5.88. The van der Waals surface area contributed by atoms with Crippen molar-refractivity contribution in [3.63, 3.8) is 0 Å². The van der Waals surface area contributed by atoms with Gasteiger partial charge in [0.05, 0.1) is 6.54 Å². The second-order valence-electron chi connectivity index (χ2n) is 7.30. The predicted octanol–water partition coefficient (Wildman–Crippen LogP) is 2.40. The first kappa shape index (κ1) is 13.1. The fraction of sp³-hybridized carbons (Fsp3) is 0.875. The van der Waals surface area contributed by atoms with E-state index >= 15 is 0 Å². The van der Waals surface area contributed by atoms with Gasteiger partial charge in [0, 0.05) is 11.8 Å². The van der Waals surface area contributed by atoms with Crippen LogP contribution in [0.1, 0.15) is 46.0 Å². The Kier molecular flexibility index (Phi) is 3.40. The summed E-state index contributed by atoms with van der Waals surface area (Å²) in [7, 11) is 0. The number of hydrogen-bond acceptors (Lipinski definition) is 2. The molecule has 0 radical (unpaired) electrons. The third-order valence-corrected chi connectivity index (χ3v) is 5.61. The predicted molar refractivity (Wildman–Crippen MR) is 73.4 cm³/mol. The van der Waals surface area contributed by atoms with Gasteiger partial charge in [-0.05, 0) is 55.8 Å². The van der Waals surface area contributed by atoms with Crippen molar-refractivity contribution in [1.29, 1.82) is 0 Å². The molecule has 3 heteroatoms. The summed E-state index contributed by atoms with van der Waals surface area (Å²) >= 11 is 0. The number of Topliss-reactive ketones (excluding diaryl/α,β-unsaturated/α-hetero) is 1. The van der Waals surface area contributed by atoms with Gasteiger partial charge in [0.2, 0.25) is 5.91 Å². The van der Waals surface area contributed by atoms with E-state index in [1.54, 1.807) is 0 Å². The van der Waals surface area contributed by atoms with Crippen molar-refractivity contribution in [1.82, 2.24) is 5.32 Å². The Morgan fingerprint density at radius 2 is 1.53 bits per heavy atom. The van der Waals surface area contributed by atoms with E-state index in [1.165, 1.54) is 32.1 Å². The number of rotatable bonds is 4. The first-order valence-electron chi connectivity index (χ1n) is 7.85. The molecule has 19 heavy (non-hydrogen) atoms. The molecular weight excluding hydrogens is 238 g/mol. The lowest BCUT2D eigenvalue weighted by atomic mass is 9.51. The standard InChI is InChI=1S/C16H25NO2/c1-9(2)14(18)8-17-16(19)15-12-4-10-3-11(6-12)7-13(15)5-10/h9-13,15H,3-8H2,1-2H3,(H,17,19). The highest BCUT2D eigenvalue weighted by atomic mass is 16.2. The summed E-state index contributed by atoms with van der Waals surface area (Å²) < 4.78 is 0. The van der Waals surface area contributed by atoms with Crippen LogP contribution < -0.4 is 5.32 Å². The number of carbonyl (C=O) groups excluding carboxylic acids is 2. The molecular formula is C16H25NO2. The summed E-state index contributed by atoms with van der Waals surface area (Å²) in [5.41, 5.74) is 0. The molecule has 0 aromatic heterocycles. The van der Waals surface area contributed by atoms with Gasteiger partial charge >= 0.3 is 0 Å². The summed E-state index contributed by atoms with van der Waals surface area (Å²) in [5.74, 6) is 3.50. The van der Waals surface area contributed by atoms with E-state index in [2.05, 4.69) is 5.32 Å². The third kappa shape index (κ3) is 2.44. The summed E-state index contributed by atoms with van der Waals surface area (Å²) in [6.07, 6.45) is 6.42. The van der Waals surface area contributed by atoms with Gasteiger partial charge in [-0.1, -0.05) is 13.8 Å². The highest BCUT2D eigenvalue weighted by Crippen LogP contribution is 2.56. The molecule has 4 bridgehead atoms. The maximum absolute atomic E-state index is 12.4. The van der Waals surface area contributed by atoms with Gasteiger partial charge in [0.25, 0.3) is 0 Å². The molecule has 0 aromatic carbocycles. The normalized spacial score (nSPS) is 39.6. The Bertz CT molecular complexity index is 360. The SMILES string of the molecule is CC(C)C(=O)CNC(=O)C1C2CC3CC(C2)CC1C3.